The molecule has 1 rings (SSSR count). The molecule has 0 aromatic carbocycles. The molecule has 0 aromatic heterocycles. The van der Waals surface area contributed by atoms with E-state index in [0.29, 0.717) is 12.5 Å². The van der Waals surface area contributed by atoms with Gasteiger partial charge in [0.1, 0.15) is 0 Å². The van der Waals surface area contributed by atoms with Crippen LogP contribution in [-0.2, 0) is 9.53 Å². The second-order valence-electron chi connectivity index (χ2n) is 4.18. The number of rotatable bonds is 4. The van der Waals surface area contributed by atoms with Crippen molar-refractivity contribution in [1.82, 2.24) is 4.90 Å². The molecule has 1 heterocycles. The van der Waals surface area contributed by atoms with Gasteiger partial charge in [0.2, 0.25) is 5.91 Å². The normalized spacial score (nSPS) is 22.0. The Balaban J connectivity index is 2.23. The molecule has 0 spiro atoms. The van der Waals surface area contributed by atoms with Crippen LogP contribution in [-0.4, -0.2) is 43.2 Å². The smallest absolute Gasteiger partial charge is 0.236 e. The van der Waals surface area contributed by atoms with Gasteiger partial charge in [-0.25, -0.2) is 0 Å². The maximum Gasteiger partial charge on any atom is 0.236 e. The van der Waals surface area contributed by atoms with Crippen molar-refractivity contribution in [3.63, 3.8) is 0 Å². The first-order valence-corrected chi connectivity index (χ1v) is 5.23. The number of carbonyl (C=O) groups is 1. The van der Waals surface area contributed by atoms with Gasteiger partial charge in [-0.15, -0.1) is 0 Å². The van der Waals surface area contributed by atoms with E-state index < -0.39 is 0 Å². The number of amides is 1. The van der Waals surface area contributed by atoms with Crippen LogP contribution in [0.3, 0.4) is 0 Å². The zero-order valence-electron chi connectivity index (χ0n) is 9.03. The van der Waals surface area contributed by atoms with E-state index >= 15 is 0 Å². The molecule has 82 valence electrons. The van der Waals surface area contributed by atoms with Gasteiger partial charge < -0.3 is 15.4 Å². The zero-order chi connectivity index (χ0) is 10.6. The average molecular weight is 200 g/mol. The Morgan fingerprint density at radius 1 is 1.64 bits per heavy atom. The van der Waals surface area contributed by atoms with Crippen molar-refractivity contribution in [2.45, 2.75) is 26.4 Å². The quantitative estimate of drug-likeness (QED) is 0.706. The molecule has 0 radical (unpaired) electrons. The van der Waals surface area contributed by atoms with Crippen LogP contribution in [0.4, 0.5) is 0 Å². The molecule has 14 heavy (non-hydrogen) atoms. The molecule has 0 saturated carbocycles. The summed E-state index contributed by atoms with van der Waals surface area (Å²) in [6.45, 7) is 6.63. The number of carbonyl (C=O) groups excluding carboxylic acids is 1. The van der Waals surface area contributed by atoms with Crippen LogP contribution in [0.1, 0.15) is 20.3 Å². The Labute approximate surface area is 85.4 Å². The highest BCUT2D eigenvalue weighted by Crippen LogP contribution is 2.13. The Morgan fingerprint density at radius 3 is 2.93 bits per heavy atom. The summed E-state index contributed by atoms with van der Waals surface area (Å²) in [6.07, 6.45) is 1.16. The molecule has 1 atom stereocenters. The van der Waals surface area contributed by atoms with E-state index in [1.165, 1.54) is 0 Å². The molecule has 4 nitrogen and oxygen atoms in total. The predicted octanol–water partition coefficient (Wildman–Crippen LogP) is 0.219. The van der Waals surface area contributed by atoms with Crippen molar-refractivity contribution in [1.29, 1.82) is 0 Å². The van der Waals surface area contributed by atoms with Crippen molar-refractivity contribution in [2.75, 3.05) is 26.2 Å². The Hall–Kier alpha value is -0.610. The van der Waals surface area contributed by atoms with E-state index in [2.05, 4.69) is 13.8 Å². The lowest BCUT2D eigenvalue weighted by Crippen LogP contribution is -2.35. The minimum Gasteiger partial charge on any atom is -0.376 e. The van der Waals surface area contributed by atoms with E-state index in [9.17, 15) is 4.79 Å². The number of ether oxygens (including phenoxy) is 1. The lowest BCUT2D eigenvalue weighted by atomic mass is 10.2. The fraction of sp³-hybridized carbons (Fsp3) is 0.900. The van der Waals surface area contributed by atoms with Crippen LogP contribution in [0.2, 0.25) is 0 Å². The van der Waals surface area contributed by atoms with Crippen molar-refractivity contribution in [2.24, 2.45) is 11.7 Å². The molecule has 1 aliphatic rings. The third-order valence-corrected chi connectivity index (χ3v) is 2.34. The minimum absolute atomic E-state index is 0.0284. The van der Waals surface area contributed by atoms with Gasteiger partial charge in [-0.2, -0.15) is 0 Å². The van der Waals surface area contributed by atoms with Crippen LogP contribution < -0.4 is 5.73 Å². The predicted molar refractivity (Wildman–Crippen MR) is 54.8 cm³/mol. The molecule has 0 aromatic rings. The molecular weight excluding hydrogens is 180 g/mol. The summed E-state index contributed by atoms with van der Waals surface area (Å²) in [5.74, 6) is 0.579. The highest BCUT2D eigenvalue weighted by molar-refractivity contribution is 5.78. The number of hydrogen-bond acceptors (Lipinski definition) is 3. The summed E-state index contributed by atoms with van der Waals surface area (Å²) in [5, 5.41) is 0. The summed E-state index contributed by atoms with van der Waals surface area (Å²) in [5.41, 5.74) is 5.29. The van der Waals surface area contributed by atoms with Gasteiger partial charge in [0.15, 0.2) is 0 Å². The third-order valence-electron chi connectivity index (χ3n) is 2.34. The van der Waals surface area contributed by atoms with Crippen LogP contribution in [0, 0.1) is 5.92 Å². The largest absolute Gasteiger partial charge is 0.376 e. The Morgan fingerprint density at radius 2 is 2.36 bits per heavy atom. The van der Waals surface area contributed by atoms with Crippen molar-refractivity contribution >= 4 is 5.91 Å². The zero-order valence-corrected chi connectivity index (χ0v) is 9.03. The van der Waals surface area contributed by atoms with Crippen molar-refractivity contribution < 1.29 is 9.53 Å². The fourth-order valence-electron chi connectivity index (χ4n) is 1.55. The number of nitrogens with zero attached hydrogens (tertiary/aromatic N) is 1. The summed E-state index contributed by atoms with van der Waals surface area (Å²) in [4.78, 5) is 13.0. The summed E-state index contributed by atoms with van der Waals surface area (Å²) >= 11 is 0. The summed E-state index contributed by atoms with van der Waals surface area (Å²) in [6, 6.07) is 0. The Kier molecular flexibility index (Phi) is 4.35. The third kappa shape index (κ3) is 3.27. The maximum absolute atomic E-state index is 11.2. The van der Waals surface area contributed by atoms with Crippen LogP contribution in [0.15, 0.2) is 0 Å². The lowest BCUT2D eigenvalue weighted by Gasteiger charge is -2.16. The summed E-state index contributed by atoms with van der Waals surface area (Å²) in [7, 11) is 0. The van der Waals surface area contributed by atoms with Gasteiger partial charge in [0.05, 0.1) is 12.6 Å². The molecule has 2 N–H and O–H groups in total. The second kappa shape index (κ2) is 5.32. The van der Waals surface area contributed by atoms with Gasteiger partial charge in [-0.1, -0.05) is 13.8 Å². The highest BCUT2D eigenvalue weighted by atomic mass is 16.5. The number of nitrogens with two attached hydrogens (primary N) is 1. The van der Waals surface area contributed by atoms with Gasteiger partial charge >= 0.3 is 0 Å². The molecule has 1 saturated heterocycles. The second-order valence-corrected chi connectivity index (χ2v) is 4.18. The molecule has 0 aliphatic carbocycles. The van der Waals surface area contributed by atoms with E-state index in [4.69, 9.17) is 10.5 Å². The molecular formula is C10H20N2O2. The maximum atomic E-state index is 11.2. The van der Waals surface area contributed by atoms with Crippen molar-refractivity contribution in [3.8, 4) is 0 Å². The standard InChI is InChI=1S/C10H20N2O2/c1-8(2)7-14-9-3-4-12(6-9)10(13)5-11/h8-9H,3-7,11H2,1-2H3. The van der Waals surface area contributed by atoms with Crippen LogP contribution in [0.25, 0.3) is 0 Å². The lowest BCUT2D eigenvalue weighted by molar-refractivity contribution is -0.129. The highest BCUT2D eigenvalue weighted by Gasteiger charge is 2.25. The number of likely N-dealkylation sites (tertiary alicyclic amines) is 1. The monoisotopic (exact) mass is 200 g/mol. The van der Waals surface area contributed by atoms with Gasteiger partial charge in [-0.05, 0) is 12.3 Å². The molecule has 4 heteroatoms. The van der Waals surface area contributed by atoms with Gasteiger partial charge in [-0.3, -0.25) is 4.79 Å². The molecule has 1 fully saturated rings. The van der Waals surface area contributed by atoms with Crippen LogP contribution in [0.5, 0.6) is 0 Å². The SMILES string of the molecule is CC(C)COC1CCN(C(=O)CN)C1. The minimum atomic E-state index is 0.0284. The van der Waals surface area contributed by atoms with Gasteiger partial charge in [0.25, 0.3) is 0 Å². The van der Waals surface area contributed by atoms with E-state index in [1.54, 1.807) is 4.90 Å². The van der Waals surface area contributed by atoms with Crippen molar-refractivity contribution in [3.05, 3.63) is 0 Å². The van der Waals surface area contributed by atoms with Crippen LogP contribution >= 0.6 is 0 Å². The molecule has 1 aliphatic heterocycles. The topological polar surface area (TPSA) is 55.6 Å². The van der Waals surface area contributed by atoms with E-state index in [0.717, 1.165) is 19.6 Å². The van der Waals surface area contributed by atoms with E-state index in [1.807, 2.05) is 0 Å². The van der Waals surface area contributed by atoms with Gasteiger partial charge in [0, 0.05) is 19.7 Å². The number of hydrogen-bond donors (Lipinski definition) is 1. The first-order valence-electron chi connectivity index (χ1n) is 5.23. The average Bonchev–Trinajstić information content (AvgIpc) is 2.62. The molecule has 1 amide bonds. The molecule has 0 bridgehead atoms. The summed E-state index contributed by atoms with van der Waals surface area (Å²) < 4.78 is 5.65. The molecule has 1 unspecified atom stereocenters. The first kappa shape index (κ1) is 11.5. The fourth-order valence-corrected chi connectivity index (χ4v) is 1.55. The van der Waals surface area contributed by atoms with E-state index in [-0.39, 0.29) is 18.6 Å². The Bertz CT molecular complexity index is 195. The first-order chi connectivity index (χ1) is 6.63.